The highest BCUT2D eigenvalue weighted by atomic mass is 16.5. The molecule has 1 unspecified atom stereocenters. The second kappa shape index (κ2) is 4.08. The third-order valence-corrected chi connectivity index (χ3v) is 5.95. The van der Waals surface area contributed by atoms with E-state index in [1.54, 1.807) is 11.9 Å². The van der Waals surface area contributed by atoms with Gasteiger partial charge in [0.2, 0.25) is 0 Å². The maximum absolute atomic E-state index is 12.9. The predicted molar refractivity (Wildman–Crippen MR) is 83.0 cm³/mol. The number of methoxy groups -OCH3 is 1. The first kappa shape index (κ1) is 9.64. The predicted octanol–water partition coefficient (Wildman–Crippen LogP) is 1.05. The van der Waals surface area contributed by atoms with Gasteiger partial charge in [-0.05, 0) is 44.4 Å². The number of likely N-dealkylation sites (N-methyl/N-ethyl adjacent to an activating group) is 1. The van der Waals surface area contributed by atoms with Crippen molar-refractivity contribution in [3.05, 3.63) is 23.2 Å². The van der Waals surface area contributed by atoms with Gasteiger partial charge in [-0.3, -0.25) is 4.79 Å². The molecule has 1 spiro atoms. The largest absolute Gasteiger partial charge is 0.493 e. The first-order valence-electron chi connectivity index (χ1n) is 10.4. The average Bonchev–Trinajstić information content (AvgIpc) is 2.87. The molecular formula is C18H21NO4. The monoisotopic (exact) mass is 320 g/mol. The maximum Gasteiger partial charge on any atom is 0.174 e. The molecule has 2 heterocycles. The van der Waals surface area contributed by atoms with Gasteiger partial charge in [-0.2, -0.15) is 0 Å². The van der Waals surface area contributed by atoms with Gasteiger partial charge in [0.1, 0.15) is 0 Å². The van der Waals surface area contributed by atoms with E-state index in [1.165, 1.54) is 7.11 Å². The summed E-state index contributed by atoms with van der Waals surface area (Å²) in [7, 11) is 3.00. The van der Waals surface area contributed by atoms with Gasteiger partial charge in [0, 0.05) is 20.8 Å². The number of likely N-dealkylation sites (tertiary alicyclic amines) is 1. The minimum absolute atomic E-state index is 0.0154. The van der Waals surface area contributed by atoms with Gasteiger partial charge >= 0.3 is 0 Å². The molecule has 23 heavy (non-hydrogen) atoms. The Kier molecular flexibility index (Phi) is 1.71. The molecule has 1 saturated heterocycles. The van der Waals surface area contributed by atoms with Crippen molar-refractivity contribution < 1.29 is 26.2 Å². The van der Waals surface area contributed by atoms with E-state index in [0.717, 1.165) is 0 Å². The zero-order valence-electron chi connectivity index (χ0n) is 18.0. The summed E-state index contributed by atoms with van der Waals surface area (Å²) in [4.78, 5) is 14.6. The van der Waals surface area contributed by atoms with Gasteiger partial charge < -0.3 is 19.5 Å². The summed E-state index contributed by atoms with van der Waals surface area (Å²) in [5.41, 5.74) is -3.12. The van der Waals surface area contributed by atoms with Crippen LogP contribution in [0.2, 0.25) is 0 Å². The molecule has 5 heteroatoms. The van der Waals surface area contributed by atoms with Gasteiger partial charge in [0.15, 0.2) is 23.4 Å². The van der Waals surface area contributed by atoms with E-state index in [1.807, 2.05) is 0 Å². The lowest BCUT2D eigenvalue weighted by Gasteiger charge is -2.62. The Hall–Kier alpha value is -1.59. The molecule has 1 aromatic carbocycles. The number of ether oxygens (including phenoxy) is 2. The molecule has 4 atom stereocenters. The number of hydrogen-bond donors (Lipinski definition) is 1. The molecular weight excluding hydrogens is 294 g/mol. The average molecular weight is 320 g/mol. The number of rotatable bonds is 1. The number of Topliss-reactive ketones (excluding diaryl/α,β-unsaturated/α-hetero) is 1. The van der Waals surface area contributed by atoms with E-state index >= 15 is 0 Å². The number of carbonyl (C=O) groups excluding carboxylic acids is 1. The summed E-state index contributed by atoms with van der Waals surface area (Å²) < 4.78 is 54.8. The molecule has 2 aliphatic heterocycles. The number of piperidine rings is 1. The van der Waals surface area contributed by atoms with E-state index < -0.39 is 35.3 Å². The van der Waals surface area contributed by atoms with E-state index in [0.29, 0.717) is 6.54 Å². The standard InChI is InChI=1S/C18H21NO4/c1-19-8-7-17-14-10-3-4-12(22-2)15(14)23-16(17)11(20)5-6-18(17,21)13(19)9-10/h3-4,13,16,21H,5-9H2,1-2H3/t13-,16?,17+,18-/m1/s1/i3D,4D,9D2,16D. The van der Waals surface area contributed by atoms with Crippen LogP contribution in [0, 0.1) is 0 Å². The Bertz CT molecular complexity index is 955. The van der Waals surface area contributed by atoms with Crippen LogP contribution >= 0.6 is 0 Å². The number of hydrogen-bond acceptors (Lipinski definition) is 5. The van der Waals surface area contributed by atoms with Crippen molar-refractivity contribution in [2.24, 2.45) is 0 Å². The zero-order valence-corrected chi connectivity index (χ0v) is 13.0. The molecule has 0 amide bonds. The van der Waals surface area contributed by atoms with Crippen molar-refractivity contribution in [1.82, 2.24) is 4.90 Å². The fourth-order valence-corrected chi connectivity index (χ4v) is 4.89. The smallest absolute Gasteiger partial charge is 0.174 e. The summed E-state index contributed by atoms with van der Waals surface area (Å²) in [5.74, 6) is -0.623. The quantitative estimate of drug-likeness (QED) is 0.838. The van der Waals surface area contributed by atoms with E-state index in [9.17, 15) is 9.90 Å². The van der Waals surface area contributed by atoms with Crippen LogP contribution in [-0.2, 0) is 16.6 Å². The molecule has 1 saturated carbocycles. The third-order valence-electron chi connectivity index (χ3n) is 5.95. The van der Waals surface area contributed by atoms with Crippen LogP contribution < -0.4 is 9.47 Å². The Morgan fingerprint density at radius 2 is 2.39 bits per heavy atom. The molecule has 4 aliphatic rings. The molecule has 5 rings (SSSR count). The van der Waals surface area contributed by atoms with Crippen molar-refractivity contribution in [2.75, 3.05) is 20.7 Å². The van der Waals surface area contributed by atoms with Crippen molar-refractivity contribution >= 4 is 5.78 Å². The second-order valence-electron chi connectivity index (χ2n) is 6.82. The minimum atomic E-state index is -2.17. The van der Waals surface area contributed by atoms with Gasteiger partial charge in [-0.15, -0.1) is 0 Å². The van der Waals surface area contributed by atoms with E-state index in [-0.39, 0.29) is 54.0 Å². The van der Waals surface area contributed by atoms with Gasteiger partial charge in [-0.25, -0.2) is 0 Å². The Morgan fingerprint density at radius 1 is 1.57 bits per heavy atom. The minimum Gasteiger partial charge on any atom is -0.493 e. The molecule has 1 aromatic rings. The van der Waals surface area contributed by atoms with Crippen molar-refractivity contribution in [3.8, 4) is 11.5 Å². The molecule has 0 radical (unpaired) electrons. The van der Waals surface area contributed by atoms with Gasteiger partial charge in [0.05, 0.1) is 22.2 Å². The Labute approximate surface area is 142 Å². The topological polar surface area (TPSA) is 59.0 Å². The second-order valence-corrected chi connectivity index (χ2v) is 6.82. The molecule has 122 valence electrons. The molecule has 5 nitrogen and oxygen atoms in total. The molecule has 2 bridgehead atoms. The molecule has 2 aliphatic carbocycles. The van der Waals surface area contributed by atoms with Crippen LogP contribution in [0.25, 0.3) is 0 Å². The van der Waals surface area contributed by atoms with Gasteiger partial charge in [0.25, 0.3) is 0 Å². The lowest BCUT2D eigenvalue weighted by Crippen LogP contribution is -2.76. The Balaban J connectivity index is 2.02. The first-order valence-corrected chi connectivity index (χ1v) is 7.86. The van der Waals surface area contributed by atoms with Crippen LogP contribution in [0.15, 0.2) is 12.1 Å². The third kappa shape index (κ3) is 1.32. The van der Waals surface area contributed by atoms with E-state index in [4.69, 9.17) is 16.3 Å². The maximum atomic E-state index is 12.9. The van der Waals surface area contributed by atoms with Gasteiger partial charge in [-0.1, -0.05) is 6.04 Å². The summed E-state index contributed by atoms with van der Waals surface area (Å²) in [6.45, 7) is 0.362. The summed E-state index contributed by atoms with van der Waals surface area (Å²) in [6.07, 6.45) is -4.19. The number of carbonyl (C=O) groups is 1. The summed E-state index contributed by atoms with van der Waals surface area (Å²) in [5, 5.41) is 11.9. The van der Waals surface area contributed by atoms with E-state index in [2.05, 4.69) is 0 Å². The molecule has 1 N–H and O–H groups in total. The number of ketones is 1. The number of aliphatic hydroxyl groups is 1. The highest BCUT2D eigenvalue weighted by Gasteiger charge is 2.72. The number of nitrogens with zero attached hydrogens (tertiary/aromatic N) is 1. The lowest BCUT2D eigenvalue weighted by atomic mass is 9.49. The highest BCUT2D eigenvalue weighted by Crippen LogP contribution is 2.64. The summed E-state index contributed by atoms with van der Waals surface area (Å²) >= 11 is 0. The number of benzene rings is 1. The van der Waals surface area contributed by atoms with Crippen LogP contribution in [0.5, 0.6) is 11.5 Å². The SMILES string of the molecule is [2H]c1c([2H])c2c3c(c1OC)OC1([2H])C(=O)CC[C@@]4(O)[C@H](N(C)CC[C@]314)C2([2H])[2H]. The first-order chi connectivity index (χ1) is 13.0. The lowest BCUT2D eigenvalue weighted by molar-refractivity contribution is -0.185. The molecule has 2 fully saturated rings. The Morgan fingerprint density at radius 3 is 3.17 bits per heavy atom. The van der Waals surface area contributed by atoms with Crippen LogP contribution in [0.4, 0.5) is 0 Å². The summed E-state index contributed by atoms with van der Waals surface area (Å²) in [6, 6.07) is -1.77. The van der Waals surface area contributed by atoms with Crippen LogP contribution in [0.1, 0.15) is 37.2 Å². The fraction of sp³-hybridized carbons (Fsp3) is 0.611. The van der Waals surface area contributed by atoms with Crippen molar-refractivity contribution in [1.29, 1.82) is 0 Å². The normalized spacial score (nSPS) is 49.1. The molecule has 0 aromatic heterocycles. The van der Waals surface area contributed by atoms with Crippen molar-refractivity contribution in [3.63, 3.8) is 0 Å². The van der Waals surface area contributed by atoms with Crippen molar-refractivity contribution in [2.45, 2.75) is 48.8 Å². The zero-order chi connectivity index (χ0) is 20.4. The van der Waals surface area contributed by atoms with Crippen LogP contribution in [0.3, 0.4) is 0 Å². The fourth-order valence-electron chi connectivity index (χ4n) is 4.89. The van der Waals surface area contributed by atoms with Crippen LogP contribution in [-0.4, -0.2) is 54.2 Å². The highest BCUT2D eigenvalue weighted by molar-refractivity contribution is 5.90.